The molecule has 0 bridgehead atoms. The fourth-order valence-electron chi connectivity index (χ4n) is 7.83. The van der Waals surface area contributed by atoms with Crippen LogP contribution in [0.4, 0.5) is 0 Å². The van der Waals surface area contributed by atoms with Gasteiger partial charge in [-0.3, -0.25) is 0 Å². The fraction of sp³-hybridized carbons (Fsp3) is 0. The Bertz CT molecular complexity index is 3220. The maximum absolute atomic E-state index is 6.81. The minimum atomic E-state index is 0.614. The summed E-state index contributed by atoms with van der Waals surface area (Å²) in [6, 6.07) is 61.4. The van der Waals surface area contributed by atoms with Gasteiger partial charge in [0.2, 0.25) is 0 Å². The average molecular weight is 708 g/mol. The second kappa shape index (κ2) is 12.3. The van der Waals surface area contributed by atoms with Crippen molar-refractivity contribution < 1.29 is 4.42 Å². The summed E-state index contributed by atoms with van der Waals surface area (Å²) >= 11 is 1.79. The molecule has 0 aliphatic rings. The predicted molar refractivity (Wildman–Crippen MR) is 225 cm³/mol. The molecule has 4 nitrogen and oxygen atoms in total. The fourth-order valence-corrected chi connectivity index (χ4v) is 8.96. The van der Waals surface area contributed by atoms with Gasteiger partial charge in [0.25, 0.3) is 0 Å². The van der Waals surface area contributed by atoms with Gasteiger partial charge in [0, 0.05) is 58.6 Å². The van der Waals surface area contributed by atoms with Gasteiger partial charge in [-0.1, -0.05) is 152 Å². The minimum absolute atomic E-state index is 0.614. The molecule has 0 amide bonds. The van der Waals surface area contributed by atoms with Gasteiger partial charge in [0.15, 0.2) is 17.5 Å². The van der Waals surface area contributed by atoms with Crippen LogP contribution in [-0.4, -0.2) is 15.0 Å². The number of aromatic nitrogens is 3. The predicted octanol–water partition coefficient (Wildman–Crippen LogP) is 13.6. The molecule has 11 aromatic rings. The Morgan fingerprint density at radius 3 is 1.72 bits per heavy atom. The molecule has 0 spiro atoms. The zero-order valence-electron chi connectivity index (χ0n) is 28.9. The number of rotatable bonds is 5. The molecular formula is C49H29N3OS. The highest BCUT2D eigenvalue weighted by Crippen LogP contribution is 2.43. The lowest BCUT2D eigenvalue weighted by Gasteiger charge is -2.12. The van der Waals surface area contributed by atoms with Gasteiger partial charge in [0.1, 0.15) is 11.2 Å². The Labute approximate surface area is 314 Å². The molecule has 0 atom stereocenters. The van der Waals surface area contributed by atoms with Crippen molar-refractivity contribution in [2.45, 2.75) is 0 Å². The van der Waals surface area contributed by atoms with E-state index in [0.717, 1.165) is 77.0 Å². The second-order valence-corrected chi connectivity index (χ2v) is 14.6. The van der Waals surface area contributed by atoms with Crippen LogP contribution in [0, 0.1) is 0 Å². The third-order valence-electron chi connectivity index (χ3n) is 10.3. The van der Waals surface area contributed by atoms with E-state index in [9.17, 15) is 0 Å². The van der Waals surface area contributed by atoms with Crippen molar-refractivity contribution in [2.75, 3.05) is 0 Å². The van der Waals surface area contributed by atoms with Crippen molar-refractivity contribution >= 4 is 64.2 Å². The summed E-state index contributed by atoms with van der Waals surface area (Å²) in [4.78, 5) is 15.9. The van der Waals surface area contributed by atoms with Gasteiger partial charge in [0.05, 0.1) is 0 Å². The van der Waals surface area contributed by atoms with Crippen molar-refractivity contribution in [3.63, 3.8) is 0 Å². The van der Waals surface area contributed by atoms with Gasteiger partial charge < -0.3 is 4.42 Å². The van der Waals surface area contributed by atoms with Crippen LogP contribution in [0.1, 0.15) is 0 Å². The quantitative estimate of drug-likeness (QED) is 0.179. The van der Waals surface area contributed by atoms with Crippen LogP contribution in [0.5, 0.6) is 0 Å². The normalized spacial score (nSPS) is 11.7. The van der Waals surface area contributed by atoms with Crippen LogP contribution >= 0.6 is 11.3 Å². The maximum Gasteiger partial charge on any atom is 0.164 e. The lowest BCUT2D eigenvalue weighted by molar-refractivity contribution is 0.674. The number of thiophene rings is 1. The minimum Gasteiger partial charge on any atom is -0.455 e. The SMILES string of the molecule is c1ccc(-c2cccc(-c3nc(-c4cc5c6cccc(-c7ccccc7)c6oc5c5ccccc45)nc(-c4cccc5sc6ccccc6c45)n3)c2)cc1. The van der Waals surface area contributed by atoms with Gasteiger partial charge in [-0.2, -0.15) is 0 Å². The van der Waals surface area contributed by atoms with Crippen LogP contribution in [0.3, 0.4) is 0 Å². The molecule has 54 heavy (non-hydrogen) atoms. The average Bonchev–Trinajstić information content (AvgIpc) is 3.83. The number of furan rings is 1. The molecule has 252 valence electrons. The largest absolute Gasteiger partial charge is 0.455 e. The van der Waals surface area contributed by atoms with Crippen LogP contribution in [0.25, 0.3) is 109 Å². The van der Waals surface area contributed by atoms with Crippen molar-refractivity contribution in [1.29, 1.82) is 0 Å². The first-order chi connectivity index (χ1) is 26.8. The Morgan fingerprint density at radius 2 is 0.889 bits per heavy atom. The number of para-hydroxylation sites is 1. The van der Waals surface area contributed by atoms with Crippen LogP contribution in [0.15, 0.2) is 180 Å². The molecule has 0 unspecified atom stereocenters. The van der Waals surface area contributed by atoms with Gasteiger partial charge in [-0.15, -0.1) is 11.3 Å². The Kier molecular flexibility index (Phi) is 7.00. The number of hydrogen-bond donors (Lipinski definition) is 0. The van der Waals surface area contributed by atoms with Crippen molar-refractivity contribution in [3.8, 4) is 56.4 Å². The molecule has 0 saturated heterocycles. The first kappa shape index (κ1) is 30.7. The topological polar surface area (TPSA) is 51.8 Å². The third-order valence-corrected chi connectivity index (χ3v) is 11.5. The van der Waals surface area contributed by atoms with E-state index in [2.05, 4.69) is 164 Å². The number of fused-ring (bicyclic) bond motifs is 8. The van der Waals surface area contributed by atoms with Crippen LogP contribution in [0.2, 0.25) is 0 Å². The van der Waals surface area contributed by atoms with Gasteiger partial charge >= 0.3 is 0 Å². The molecular weight excluding hydrogens is 679 g/mol. The lowest BCUT2D eigenvalue weighted by Crippen LogP contribution is -2.01. The van der Waals surface area contributed by atoms with Gasteiger partial charge in [-0.05, 0) is 46.3 Å². The third kappa shape index (κ3) is 4.94. The van der Waals surface area contributed by atoms with E-state index in [4.69, 9.17) is 19.4 Å². The number of hydrogen-bond acceptors (Lipinski definition) is 5. The summed E-state index contributed by atoms with van der Waals surface area (Å²) in [5.41, 5.74) is 8.99. The van der Waals surface area contributed by atoms with E-state index < -0.39 is 0 Å². The summed E-state index contributed by atoms with van der Waals surface area (Å²) in [5, 5.41) is 6.48. The lowest BCUT2D eigenvalue weighted by atomic mass is 9.98. The maximum atomic E-state index is 6.81. The van der Waals surface area contributed by atoms with E-state index in [0.29, 0.717) is 17.5 Å². The summed E-state index contributed by atoms with van der Waals surface area (Å²) < 4.78 is 9.25. The summed E-state index contributed by atoms with van der Waals surface area (Å²) in [6.07, 6.45) is 0. The van der Waals surface area contributed by atoms with E-state index >= 15 is 0 Å². The summed E-state index contributed by atoms with van der Waals surface area (Å²) in [7, 11) is 0. The molecule has 0 fully saturated rings. The molecule has 11 rings (SSSR count). The molecule has 5 heteroatoms. The molecule has 0 N–H and O–H groups in total. The molecule has 3 aromatic heterocycles. The zero-order chi connectivity index (χ0) is 35.6. The Hall–Kier alpha value is -6.95. The summed E-state index contributed by atoms with van der Waals surface area (Å²) in [5.74, 6) is 1.88. The number of benzene rings is 8. The van der Waals surface area contributed by atoms with Crippen molar-refractivity contribution in [1.82, 2.24) is 15.0 Å². The van der Waals surface area contributed by atoms with E-state index in [-0.39, 0.29) is 0 Å². The highest BCUT2D eigenvalue weighted by molar-refractivity contribution is 7.25. The van der Waals surface area contributed by atoms with Crippen molar-refractivity contribution in [3.05, 3.63) is 176 Å². The van der Waals surface area contributed by atoms with Gasteiger partial charge in [-0.25, -0.2) is 15.0 Å². The molecule has 3 heterocycles. The highest BCUT2D eigenvalue weighted by atomic mass is 32.1. The standard InChI is InChI=1S/C49H29N3OS/c1-3-14-30(15-4-1)32-18-11-19-33(28-32)47-50-48(39-25-13-27-43-44(39)38-22-9-10-26-42(38)54-43)52-49(51-47)41-29-40-37-24-12-23-34(31-16-5-2-6-17-31)45(37)53-46(40)36-21-8-7-20-35(36)41/h1-29H. The first-order valence-corrected chi connectivity index (χ1v) is 18.8. The Balaban J connectivity index is 1.20. The Morgan fingerprint density at radius 1 is 0.333 bits per heavy atom. The van der Waals surface area contributed by atoms with E-state index in [1.165, 1.54) is 14.8 Å². The van der Waals surface area contributed by atoms with Crippen molar-refractivity contribution in [2.24, 2.45) is 0 Å². The number of nitrogens with zero attached hydrogens (tertiary/aromatic N) is 3. The molecule has 0 aliphatic heterocycles. The molecule has 8 aromatic carbocycles. The highest BCUT2D eigenvalue weighted by Gasteiger charge is 2.21. The second-order valence-electron chi connectivity index (χ2n) is 13.5. The monoisotopic (exact) mass is 707 g/mol. The molecule has 0 saturated carbocycles. The zero-order valence-corrected chi connectivity index (χ0v) is 29.7. The van der Waals surface area contributed by atoms with Crippen LogP contribution in [-0.2, 0) is 0 Å². The van der Waals surface area contributed by atoms with E-state index in [1.807, 2.05) is 12.1 Å². The van der Waals surface area contributed by atoms with Crippen LogP contribution < -0.4 is 0 Å². The molecule has 0 radical (unpaired) electrons. The smallest absolute Gasteiger partial charge is 0.164 e. The van der Waals surface area contributed by atoms with E-state index in [1.54, 1.807) is 11.3 Å². The first-order valence-electron chi connectivity index (χ1n) is 18.0. The molecule has 0 aliphatic carbocycles. The summed E-state index contributed by atoms with van der Waals surface area (Å²) in [6.45, 7) is 0.